The van der Waals surface area contributed by atoms with Gasteiger partial charge in [-0.3, -0.25) is 14.9 Å². The van der Waals surface area contributed by atoms with E-state index in [-0.39, 0.29) is 11.3 Å². The van der Waals surface area contributed by atoms with E-state index in [1.54, 1.807) is 13.1 Å². The van der Waals surface area contributed by atoms with Crippen molar-refractivity contribution in [2.75, 3.05) is 0 Å². The third kappa shape index (κ3) is 2.07. The van der Waals surface area contributed by atoms with E-state index in [0.717, 1.165) is 16.9 Å². The van der Waals surface area contributed by atoms with Crippen molar-refractivity contribution in [2.24, 2.45) is 0 Å². The third-order valence-corrected chi connectivity index (χ3v) is 4.42. The number of hydrogen-bond donors (Lipinski definition) is 2. The lowest BCUT2D eigenvalue weighted by atomic mass is 9.99. The summed E-state index contributed by atoms with van der Waals surface area (Å²) in [7, 11) is 0. The molecule has 0 saturated heterocycles. The molecule has 0 amide bonds. The van der Waals surface area contributed by atoms with Crippen LogP contribution in [0.5, 0.6) is 5.75 Å². The minimum atomic E-state index is -0.588. The summed E-state index contributed by atoms with van der Waals surface area (Å²) in [6.45, 7) is 3.90. The van der Waals surface area contributed by atoms with Crippen LogP contribution < -0.4 is 5.56 Å². The summed E-state index contributed by atoms with van der Waals surface area (Å²) < 4.78 is 7.32. The Kier molecular flexibility index (Phi) is 3.28. The van der Waals surface area contributed by atoms with E-state index in [0.29, 0.717) is 23.4 Å². The molecule has 1 aliphatic heterocycles. The Bertz CT molecular complexity index is 973. The molecular weight excluding hydrogens is 306 g/mol. The van der Waals surface area contributed by atoms with Crippen LogP contribution in [-0.2, 0) is 11.3 Å². The Balaban J connectivity index is 1.88. The molecule has 0 bridgehead atoms. The van der Waals surface area contributed by atoms with Crippen LogP contribution in [0.25, 0.3) is 5.69 Å². The fraction of sp³-hybridized carbons (Fsp3) is 0.222. The number of ether oxygens (including phenoxy) is 1. The number of rotatable bonds is 2. The van der Waals surface area contributed by atoms with Gasteiger partial charge in [0.2, 0.25) is 0 Å². The van der Waals surface area contributed by atoms with Crippen molar-refractivity contribution in [1.82, 2.24) is 14.8 Å². The van der Waals surface area contributed by atoms with Crippen molar-refractivity contribution < 1.29 is 9.84 Å². The highest BCUT2D eigenvalue weighted by Gasteiger charge is 2.33. The molecule has 3 heterocycles. The predicted molar refractivity (Wildman–Crippen MR) is 88.4 cm³/mol. The summed E-state index contributed by atoms with van der Waals surface area (Å²) >= 11 is 0. The smallest absolute Gasteiger partial charge is 0.277 e. The molecule has 6 nitrogen and oxygen atoms in total. The number of aromatic nitrogens is 3. The van der Waals surface area contributed by atoms with Gasteiger partial charge in [-0.15, -0.1) is 0 Å². The SMILES string of the molecule is Cc1ncc2c(c1O)C(c1c(C)[nH]n(-c3ccccc3)c1=O)OC2. The lowest BCUT2D eigenvalue weighted by Gasteiger charge is -2.12. The van der Waals surface area contributed by atoms with Crippen LogP contribution in [0.2, 0.25) is 0 Å². The second kappa shape index (κ2) is 5.35. The number of pyridine rings is 1. The van der Waals surface area contributed by atoms with Crippen LogP contribution in [0.15, 0.2) is 41.3 Å². The van der Waals surface area contributed by atoms with Crippen molar-refractivity contribution in [3.05, 3.63) is 75.0 Å². The number of hydrogen-bond acceptors (Lipinski definition) is 4. The summed E-state index contributed by atoms with van der Waals surface area (Å²) in [6, 6.07) is 9.36. The van der Waals surface area contributed by atoms with E-state index in [2.05, 4.69) is 10.1 Å². The normalized spacial score (nSPS) is 16.3. The number of fused-ring (bicyclic) bond motifs is 1. The highest BCUT2D eigenvalue weighted by atomic mass is 16.5. The summed E-state index contributed by atoms with van der Waals surface area (Å²) in [5.74, 6) is 0.0984. The third-order valence-electron chi connectivity index (χ3n) is 4.42. The molecule has 1 atom stereocenters. The van der Waals surface area contributed by atoms with Gasteiger partial charge in [0.25, 0.3) is 5.56 Å². The maximum atomic E-state index is 12.9. The Hall–Kier alpha value is -2.86. The first-order valence-corrected chi connectivity index (χ1v) is 7.73. The molecule has 1 aliphatic rings. The molecule has 122 valence electrons. The van der Waals surface area contributed by atoms with Gasteiger partial charge in [0.05, 0.1) is 23.6 Å². The largest absolute Gasteiger partial charge is 0.506 e. The maximum Gasteiger partial charge on any atom is 0.277 e. The fourth-order valence-electron chi connectivity index (χ4n) is 3.17. The van der Waals surface area contributed by atoms with Gasteiger partial charge in [0.1, 0.15) is 11.9 Å². The monoisotopic (exact) mass is 323 g/mol. The molecule has 4 rings (SSSR count). The molecule has 0 aliphatic carbocycles. The number of nitrogens with one attached hydrogen (secondary N) is 1. The topological polar surface area (TPSA) is 80.1 Å². The standard InChI is InChI=1S/C18H17N3O3/c1-10-14(18(23)21(20-10)13-6-4-3-5-7-13)17-15-12(9-24-17)8-19-11(2)16(15)22/h3-8,17,20,22H,9H2,1-2H3. The lowest BCUT2D eigenvalue weighted by molar-refractivity contribution is 0.0918. The first-order valence-electron chi connectivity index (χ1n) is 7.73. The number of para-hydroxylation sites is 1. The van der Waals surface area contributed by atoms with E-state index in [4.69, 9.17) is 4.74 Å². The van der Waals surface area contributed by atoms with Gasteiger partial charge in [-0.2, -0.15) is 0 Å². The molecule has 0 fully saturated rings. The zero-order chi connectivity index (χ0) is 16.8. The zero-order valence-corrected chi connectivity index (χ0v) is 13.4. The van der Waals surface area contributed by atoms with Crippen LogP contribution >= 0.6 is 0 Å². The highest BCUT2D eigenvalue weighted by molar-refractivity contribution is 5.49. The average Bonchev–Trinajstić information content (AvgIpc) is 3.13. The Morgan fingerprint density at radius 3 is 2.75 bits per heavy atom. The quantitative estimate of drug-likeness (QED) is 0.759. The molecule has 6 heteroatoms. The Labute approximate surface area is 138 Å². The van der Waals surface area contributed by atoms with Crippen molar-refractivity contribution in [3.8, 4) is 11.4 Å². The summed E-state index contributed by atoms with van der Waals surface area (Å²) in [5.41, 5.74) is 3.79. The first-order chi connectivity index (χ1) is 11.6. The number of nitrogens with zero attached hydrogens (tertiary/aromatic N) is 2. The second-order valence-corrected chi connectivity index (χ2v) is 5.95. The van der Waals surface area contributed by atoms with Gasteiger partial charge in [0.15, 0.2) is 0 Å². The fourth-order valence-corrected chi connectivity index (χ4v) is 3.17. The van der Waals surface area contributed by atoms with Crippen LogP contribution in [0.1, 0.15) is 34.2 Å². The maximum absolute atomic E-state index is 12.9. The van der Waals surface area contributed by atoms with Crippen LogP contribution in [0.3, 0.4) is 0 Å². The van der Waals surface area contributed by atoms with Gasteiger partial charge in [-0.1, -0.05) is 18.2 Å². The summed E-state index contributed by atoms with van der Waals surface area (Å²) in [4.78, 5) is 17.1. The molecule has 2 N–H and O–H groups in total. The number of H-pyrrole nitrogens is 1. The molecule has 0 spiro atoms. The van der Waals surface area contributed by atoms with Crippen molar-refractivity contribution in [1.29, 1.82) is 0 Å². The van der Waals surface area contributed by atoms with Crippen molar-refractivity contribution in [2.45, 2.75) is 26.6 Å². The van der Waals surface area contributed by atoms with Crippen molar-refractivity contribution >= 4 is 0 Å². The molecule has 0 radical (unpaired) electrons. The Morgan fingerprint density at radius 2 is 2.00 bits per heavy atom. The van der Waals surface area contributed by atoms with Gasteiger partial charge < -0.3 is 9.84 Å². The number of aromatic hydroxyl groups is 1. The molecule has 1 unspecified atom stereocenters. The number of aryl methyl sites for hydroxylation is 2. The van der Waals surface area contributed by atoms with E-state index in [1.165, 1.54) is 4.68 Å². The number of benzene rings is 1. The Morgan fingerprint density at radius 1 is 1.25 bits per heavy atom. The van der Waals surface area contributed by atoms with E-state index in [1.807, 2.05) is 37.3 Å². The van der Waals surface area contributed by atoms with Crippen molar-refractivity contribution in [3.63, 3.8) is 0 Å². The number of aromatic amines is 1. The zero-order valence-electron chi connectivity index (χ0n) is 13.4. The highest BCUT2D eigenvalue weighted by Crippen LogP contribution is 2.41. The van der Waals surface area contributed by atoms with Gasteiger partial charge in [-0.25, -0.2) is 4.68 Å². The summed E-state index contributed by atoms with van der Waals surface area (Å²) in [5, 5.41) is 13.5. The lowest BCUT2D eigenvalue weighted by Crippen LogP contribution is -2.19. The molecule has 24 heavy (non-hydrogen) atoms. The van der Waals surface area contributed by atoms with E-state index >= 15 is 0 Å². The molecule has 2 aromatic heterocycles. The molecule has 0 saturated carbocycles. The van der Waals surface area contributed by atoms with Crippen LogP contribution in [-0.4, -0.2) is 19.9 Å². The summed E-state index contributed by atoms with van der Waals surface area (Å²) in [6.07, 6.45) is 1.11. The molecular formula is C18H17N3O3. The van der Waals surface area contributed by atoms with Gasteiger partial charge in [0, 0.05) is 23.0 Å². The minimum Gasteiger partial charge on any atom is -0.506 e. The minimum absolute atomic E-state index is 0.0984. The van der Waals surface area contributed by atoms with Gasteiger partial charge >= 0.3 is 0 Å². The van der Waals surface area contributed by atoms with E-state index in [9.17, 15) is 9.90 Å². The predicted octanol–water partition coefficient (Wildman–Crippen LogP) is 2.50. The first kappa shape index (κ1) is 14.7. The average molecular weight is 323 g/mol. The second-order valence-electron chi connectivity index (χ2n) is 5.95. The molecule has 1 aromatic carbocycles. The van der Waals surface area contributed by atoms with Crippen LogP contribution in [0, 0.1) is 13.8 Å². The van der Waals surface area contributed by atoms with E-state index < -0.39 is 6.10 Å². The van der Waals surface area contributed by atoms with Crippen LogP contribution in [0.4, 0.5) is 0 Å². The molecule has 3 aromatic rings. The van der Waals surface area contributed by atoms with Gasteiger partial charge in [-0.05, 0) is 26.0 Å².